The summed E-state index contributed by atoms with van der Waals surface area (Å²) in [7, 11) is 1.86. The second kappa shape index (κ2) is 5.74. The molecule has 7 heteroatoms. The van der Waals surface area contributed by atoms with Gasteiger partial charge in [-0.25, -0.2) is 4.98 Å². The van der Waals surface area contributed by atoms with Crippen molar-refractivity contribution in [1.82, 2.24) is 29.9 Å². The van der Waals surface area contributed by atoms with Gasteiger partial charge < -0.3 is 5.32 Å². The van der Waals surface area contributed by atoms with E-state index in [1.54, 1.807) is 17.1 Å². The van der Waals surface area contributed by atoms with E-state index in [-0.39, 0.29) is 11.9 Å². The van der Waals surface area contributed by atoms with E-state index in [4.69, 9.17) is 0 Å². The Balaban J connectivity index is 1.61. The van der Waals surface area contributed by atoms with Gasteiger partial charge in [0.15, 0.2) is 5.65 Å². The smallest absolute Gasteiger partial charge is 0.252 e. The molecule has 0 aromatic carbocycles. The Morgan fingerprint density at radius 1 is 1.42 bits per heavy atom. The van der Waals surface area contributed by atoms with Crippen LogP contribution in [-0.2, 0) is 13.6 Å². The van der Waals surface area contributed by atoms with Gasteiger partial charge in [0.2, 0.25) is 0 Å². The molecule has 1 saturated carbocycles. The molecule has 1 aliphatic carbocycles. The van der Waals surface area contributed by atoms with Crippen LogP contribution in [0.15, 0.2) is 30.7 Å². The number of carbonyl (C=O) groups excluding carboxylic acids is 1. The van der Waals surface area contributed by atoms with Crippen LogP contribution < -0.4 is 5.32 Å². The van der Waals surface area contributed by atoms with Gasteiger partial charge in [-0.05, 0) is 31.9 Å². The number of aromatic nitrogens is 5. The highest BCUT2D eigenvalue weighted by atomic mass is 16.1. The molecular formula is C17H20N6O. The second-order valence-corrected chi connectivity index (χ2v) is 6.48. The summed E-state index contributed by atoms with van der Waals surface area (Å²) in [6.07, 6.45) is 7.63. The quantitative estimate of drug-likeness (QED) is 0.777. The van der Waals surface area contributed by atoms with E-state index in [1.165, 1.54) is 0 Å². The first-order chi connectivity index (χ1) is 11.6. The van der Waals surface area contributed by atoms with E-state index in [1.807, 2.05) is 37.0 Å². The van der Waals surface area contributed by atoms with Crippen LogP contribution in [0.25, 0.3) is 11.0 Å². The number of aryl methyl sites for hydroxylation is 1. The molecule has 3 aromatic rings. The molecular weight excluding hydrogens is 304 g/mol. The van der Waals surface area contributed by atoms with Gasteiger partial charge in [-0.1, -0.05) is 0 Å². The van der Waals surface area contributed by atoms with Gasteiger partial charge in [0.25, 0.3) is 5.91 Å². The van der Waals surface area contributed by atoms with Crippen LogP contribution in [0.5, 0.6) is 0 Å². The fraction of sp³-hybridized carbons (Fsp3) is 0.412. The fourth-order valence-corrected chi connectivity index (χ4v) is 2.95. The van der Waals surface area contributed by atoms with E-state index in [0.717, 1.165) is 29.6 Å². The molecule has 0 radical (unpaired) electrons. The zero-order chi connectivity index (χ0) is 16.7. The minimum atomic E-state index is -0.0862. The molecule has 3 heterocycles. The predicted octanol–water partition coefficient (Wildman–Crippen LogP) is 1.86. The van der Waals surface area contributed by atoms with Gasteiger partial charge in [0.1, 0.15) is 0 Å². The number of pyridine rings is 1. The van der Waals surface area contributed by atoms with Gasteiger partial charge >= 0.3 is 0 Å². The minimum Gasteiger partial charge on any atom is -0.348 e. The molecule has 1 amide bonds. The molecule has 1 unspecified atom stereocenters. The van der Waals surface area contributed by atoms with Crippen LogP contribution in [-0.4, -0.2) is 36.5 Å². The SMILES string of the molecule is CC(Cn1cccn1)NC(=O)c1cc(C2CC2)nc2c1cnn2C. The van der Waals surface area contributed by atoms with Crippen molar-refractivity contribution >= 4 is 16.9 Å². The van der Waals surface area contributed by atoms with Gasteiger partial charge in [0.05, 0.1) is 23.7 Å². The van der Waals surface area contributed by atoms with Crippen molar-refractivity contribution in [1.29, 1.82) is 0 Å². The third kappa shape index (κ3) is 2.77. The van der Waals surface area contributed by atoms with E-state index in [9.17, 15) is 4.79 Å². The summed E-state index contributed by atoms with van der Waals surface area (Å²) in [4.78, 5) is 17.5. The Hall–Kier alpha value is -2.70. The molecule has 124 valence electrons. The number of nitrogens with zero attached hydrogens (tertiary/aromatic N) is 5. The van der Waals surface area contributed by atoms with E-state index < -0.39 is 0 Å². The summed E-state index contributed by atoms with van der Waals surface area (Å²) >= 11 is 0. The molecule has 0 spiro atoms. The summed E-state index contributed by atoms with van der Waals surface area (Å²) in [5, 5.41) is 12.3. The number of rotatable bonds is 5. The topological polar surface area (TPSA) is 77.6 Å². The average Bonchev–Trinajstić information content (AvgIpc) is 3.17. The molecule has 0 bridgehead atoms. The zero-order valence-electron chi connectivity index (χ0n) is 13.8. The predicted molar refractivity (Wildman–Crippen MR) is 89.6 cm³/mol. The minimum absolute atomic E-state index is 0.0262. The number of fused-ring (bicyclic) bond motifs is 1. The molecule has 1 fully saturated rings. The van der Waals surface area contributed by atoms with Crippen LogP contribution in [0.4, 0.5) is 0 Å². The highest BCUT2D eigenvalue weighted by Gasteiger charge is 2.28. The van der Waals surface area contributed by atoms with Crippen molar-refractivity contribution in [2.45, 2.75) is 38.3 Å². The maximum Gasteiger partial charge on any atom is 0.252 e. The van der Waals surface area contributed by atoms with Crippen molar-refractivity contribution in [3.63, 3.8) is 0 Å². The molecule has 7 nitrogen and oxygen atoms in total. The van der Waals surface area contributed by atoms with E-state index in [2.05, 4.69) is 20.5 Å². The summed E-state index contributed by atoms with van der Waals surface area (Å²) in [5.41, 5.74) is 2.42. The number of amides is 1. The summed E-state index contributed by atoms with van der Waals surface area (Å²) < 4.78 is 3.54. The number of carbonyl (C=O) groups is 1. The lowest BCUT2D eigenvalue weighted by Crippen LogP contribution is -2.36. The summed E-state index contributed by atoms with van der Waals surface area (Å²) in [6.45, 7) is 2.61. The van der Waals surface area contributed by atoms with Crippen LogP contribution in [0.2, 0.25) is 0 Å². The second-order valence-electron chi connectivity index (χ2n) is 6.48. The molecule has 1 atom stereocenters. The normalized spacial score (nSPS) is 15.6. The lowest BCUT2D eigenvalue weighted by Gasteiger charge is -2.15. The third-order valence-electron chi connectivity index (χ3n) is 4.36. The molecule has 24 heavy (non-hydrogen) atoms. The summed E-state index contributed by atoms with van der Waals surface area (Å²) in [6, 6.07) is 3.78. The fourth-order valence-electron chi connectivity index (χ4n) is 2.95. The monoisotopic (exact) mass is 324 g/mol. The maximum absolute atomic E-state index is 12.8. The van der Waals surface area contributed by atoms with Gasteiger partial charge in [-0.3, -0.25) is 14.2 Å². The molecule has 1 N–H and O–H groups in total. The maximum atomic E-state index is 12.8. The van der Waals surface area contributed by atoms with Gasteiger partial charge in [0, 0.05) is 37.1 Å². The van der Waals surface area contributed by atoms with E-state index >= 15 is 0 Å². The first kappa shape index (κ1) is 14.9. The highest BCUT2D eigenvalue weighted by molar-refractivity contribution is 6.05. The van der Waals surface area contributed by atoms with Crippen LogP contribution in [0.3, 0.4) is 0 Å². The largest absolute Gasteiger partial charge is 0.348 e. The van der Waals surface area contributed by atoms with Gasteiger partial charge in [-0.2, -0.15) is 10.2 Å². The first-order valence-corrected chi connectivity index (χ1v) is 8.23. The molecule has 1 aliphatic rings. The van der Waals surface area contributed by atoms with Crippen LogP contribution >= 0.6 is 0 Å². The van der Waals surface area contributed by atoms with Crippen molar-refractivity contribution in [3.05, 3.63) is 42.0 Å². The van der Waals surface area contributed by atoms with Crippen molar-refractivity contribution in [2.75, 3.05) is 0 Å². The van der Waals surface area contributed by atoms with Crippen molar-refractivity contribution in [3.8, 4) is 0 Å². The Labute approximate surface area is 139 Å². The van der Waals surface area contributed by atoms with E-state index in [0.29, 0.717) is 18.0 Å². The Morgan fingerprint density at radius 2 is 2.25 bits per heavy atom. The Morgan fingerprint density at radius 3 is 2.96 bits per heavy atom. The Bertz CT molecular complexity index is 878. The summed E-state index contributed by atoms with van der Waals surface area (Å²) in [5.74, 6) is 0.398. The standard InChI is InChI=1S/C17H20N6O/c1-11(10-23-7-3-6-18-23)20-17(24)13-8-15(12-4-5-12)21-16-14(13)9-19-22(16)2/h3,6-9,11-12H,4-5,10H2,1-2H3,(H,20,24). The number of hydrogen-bond acceptors (Lipinski definition) is 4. The van der Waals surface area contributed by atoms with Crippen LogP contribution in [0, 0.1) is 0 Å². The van der Waals surface area contributed by atoms with Gasteiger partial charge in [-0.15, -0.1) is 0 Å². The lowest BCUT2D eigenvalue weighted by atomic mass is 10.1. The first-order valence-electron chi connectivity index (χ1n) is 8.23. The lowest BCUT2D eigenvalue weighted by molar-refractivity contribution is 0.0937. The molecule has 0 saturated heterocycles. The van der Waals surface area contributed by atoms with Crippen molar-refractivity contribution < 1.29 is 4.79 Å². The van der Waals surface area contributed by atoms with Crippen molar-refractivity contribution in [2.24, 2.45) is 7.05 Å². The number of nitrogens with one attached hydrogen (secondary N) is 1. The Kier molecular flexibility index (Phi) is 3.55. The average molecular weight is 324 g/mol. The highest BCUT2D eigenvalue weighted by Crippen LogP contribution is 2.40. The third-order valence-corrected chi connectivity index (χ3v) is 4.36. The molecule has 4 rings (SSSR count). The number of hydrogen-bond donors (Lipinski definition) is 1. The molecule has 0 aliphatic heterocycles. The van der Waals surface area contributed by atoms with Crippen LogP contribution in [0.1, 0.15) is 41.7 Å². The molecule has 3 aromatic heterocycles. The zero-order valence-corrected chi connectivity index (χ0v) is 13.8.